The van der Waals surface area contributed by atoms with Gasteiger partial charge < -0.3 is 30.6 Å². The van der Waals surface area contributed by atoms with Gasteiger partial charge in [-0.3, -0.25) is 19.2 Å². The molecule has 0 aromatic rings. The third-order valence-corrected chi connectivity index (χ3v) is 2.60. The highest BCUT2D eigenvalue weighted by molar-refractivity contribution is 5.93. The Labute approximate surface area is 134 Å². The number of carbonyl (C=O) groups excluding carboxylic acids is 4. The summed E-state index contributed by atoms with van der Waals surface area (Å²) in [5.41, 5.74) is 5.04. The minimum Gasteiger partial charge on any atom is -0.468 e. The monoisotopic (exact) mass is 333 g/mol. The van der Waals surface area contributed by atoms with Gasteiger partial charge in [-0.25, -0.2) is 0 Å². The predicted molar refractivity (Wildman–Crippen MR) is 78.1 cm³/mol. The lowest BCUT2D eigenvalue weighted by molar-refractivity contribution is -0.141. The molecule has 10 heteroatoms. The summed E-state index contributed by atoms with van der Waals surface area (Å²) in [6.07, 6.45) is -0.382. The van der Waals surface area contributed by atoms with Crippen molar-refractivity contribution >= 4 is 23.7 Å². The van der Waals surface area contributed by atoms with Gasteiger partial charge in [-0.15, -0.1) is 0 Å². The van der Waals surface area contributed by atoms with Crippen LogP contribution in [0, 0.1) is 0 Å². The van der Waals surface area contributed by atoms with Crippen molar-refractivity contribution in [1.29, 1.82) is 0 Å². The van der Waals surface area contributed by atoms with Crippen LogP contribution in [0.3, 0.4) is 0 Å². The van der Waals surface area contributed by atoms with Crippen LogP contribution in [0.2, 0.25) is 0 Å². The molecule has 0 aromatic carbocycles. The Kier molecular flexibility index (Phi) is 11.2. The zero-order chi connectivity index (χ0) is 17.7. The number of esters is 1. The number of amides is 3. The summed E-state index contributed by atoms with van der Waals surface area (Å²) in [6.45, 7) is 0.513. The summed E-state index contributed by atoms with van der Waals surface area (Å²) in [6, 6.07) is -1.16. The Balaban J connectivity index is 4.31. The van der Waals surface area contributed by atoms with Crippen molar-refractivity contribution in [2.45, 2.75) is 18.9 Å². The molecule has 0 aliphatic heterocycles. The summed E-state index contributed by atoms with van der Waals surface area (Å²) in [4.78, 5) is 45.5. The van der Waals surface area contributed by atoms with Gasteiger partial charge in [0.15, 0.2) is 0 Å². The molecule has 0 heterocycles. The van der Waals surface area contributed by atoms with E-state index in [9.17, 15) is 19.2 Å². The first-order chi connectivity index (χ1) is 10.9. The van der Waals surface area contributed by atoms with Gasteiger partial charge in [-0.05, 0) is 0 Å². The van der Waals surface area contributed by atoms with Crippen LogP contribution < -0.4 is 16.4 Å². The van der Waals surface area contributed by atoms with Gasteiger partial charge in [0, 0.05) is 13.5 Å². The van der Waals surface area contributed by atoms with Crippen molar-refractivity contribution in [3.05, 3.63) is 0 Å². The van der Waals surface area contributed by atoms with Crippen LogP contribution in [0.5, 0.6) is 0 Å². The fourth-order valence-corrected chi connectivity index (χ4v) is 1.44. The van der Waals surface area contributed by atoms with E-state index in [0.717, 1.165) is 0 Å². The second-order valence-electron chi connectivity index (χ2n) is 4.44. The van der Waals surface area contributed by atoms with Gasteiger partial charge in [0.25, 0.3) is 0 Å². The zero-order valence-electron chi connectivity index (χ0n) is 13.3. The average Bonchev–Trinajstić information content (AvgIpc) is 2.50. The summed E-state index contributed by atoms with van der Waals surface area (Å²) in [7, 11) is 2.69. The van der Waals surface area contributed by atoms with Crippen molar-refractivity contribution in [3.63, 3.8) is 0 Å². The molecule has 0 saturated heterocycles. The van der Waals surface area contributed by atoms with Crippen LogP contribution in [0.1, 0.15) is 12.8 Å². The predicted octanol–water partition coefficient (Wildman–Crippen LogP) is -2.31. The smallest absolute Gasteiger partial charge is 0.325 e. The molecule has 132 valence electrons. The van der Waals surface area contributed by atoms with E-state index in [1.165, 1.54) is 14.2 Å². The van der Waals surface area contributed by atoms with E-state index in [2.05, 4.69) is 15.4 Å². The maximum atomic E-state index is 11.9. The van der Waals surface area contributed by atoms with E-state index in [1.54, 1.807) is 0 Å². The van der Waals surface area contributed by atoms with Crippen molar-refractivity contribution in [2.24, 2.45) is 5.73 Å². The van der Waals surface area contributed by atoms with E-state index in [1.807, 2.05) is 0 Å². The molecule has 0 spiro atoms. The van der Waals surface area contributed by atoms with Crippen LogP contribution in [0.4, 0.5) is 0 Å². The van der Waals surface area contributed by atoms with E-state index in [-0.39, 0.29) is 26.0 Å². The van der Waals surface area contributed by atoms with E-state index in [0.29, 0.717) is 13.2 Å². The minimum absolute atomic E-state index is 0.00323. The Morgan fingerprint density at radius 3 is 2.35 bits per heavy atom. The number of hydrogen-bond donors (Lipinski definition) is 3. The van der Waals surface area contributed by atoms with Crippen LogP contribution in [0.25, 0.3) is 0 Å². The van der Waals surface area contributed by atoms with Crippen molar-refractivity contribution in [1.82, 2.24) is 10.6 Å². The van der Waals surface area contributed by atoms with Gasteiger partial charge in [-0.2, -0.15) is 0 Å². The van der Waals surface area contributed by atoms with Gasteiger partial charge in [-0.1, -0.05) is 0 Å². The highest BCUT2D eigenvalue weighted by Crippen LogP contribution is 1.94. The molecule has 0 aliphatic rings. The number of methoxy groups -OCH3 is 2. The number of hydrogen-bond acceptors (Lipinski definition) is 7. The topological polar surface area (TPSA) is 146 Å². The van der Waals surface area contributed by atoms with Crippen molar-refractivity contribution in [2.75, 3.05) is 40.6 Å². The maximum Gasteiger partial charge on any atom is 0.325 e. The summed E-state index contributed by atoms with van der Waals surface area (Å²) in [5, 5.41) is 4.61. The summed E-state index contributed by atoms with van der Waals surface area (Å²) < 4.78 is 14.3. The lowest BCUT2D eigenvalue weighted by Crippen LogP contribution is -2.49. The van der Waals surface area contributed by atoms with Gasteiger partial charge in [0.05, 0.1) is 33.4 Å². The van der Waals surface area contributed by atoms with Crippen molar-refractivity contribution in [3.8, 4) is 0 Å². The number of primary amides is 1. The molecule has 0 rings (SSSR count). The lowest BCUT2D eigenvalue weighted by atomic mass is 10.1. The SMILES string of the molecule is COCCOCCC(=O)N[C@H](CC(N)=O)C(=O)NCC(=O)OC. The van der Waals surface area contributed by atoms with E-state index in [4.69, 9.17) is 15.2 Å². The number of carbonyl (C=O) groups is 4. The molecule has 0 unspecified atom stereocenters. The fourth-order valence-electron chi connectivity index (χ4n) is 1.44. The van der Waals surface area contributed by atoms with Gasteiger partial charge >= 0.3 is 5.97 Å². The largest absolute Gasteiger partial charge is 0.468 e. The Hall–Kier alpha value is -2.20. The Morgan fingerprint density at radius 2 is 1.78 bits per heavy atom. The molecule has 0 saturated carbocycles. The average molecular weight is 333 g/mol. The molecule has 0 bridgehead atoms. The van der Waals surface area contributed by atoms with E-state index >= 15 is 0 Å². The second kappa shape index (κ2) is 12.4. The molecule has 23 heavy (non-hydrogen) atoms. The standard InChI is InChI=1S/C13H23N3O7/c1-21-5-6-23-4-3-11(18)16-9(7-10(14)17)13(20)15-8-12(19)22-2/h9H,3-8H2,1-2H3,(H2,14,17)(H,15,20)(H,16,18)/t9-/m1/s1. The van der Waals surface area contributed by atoms with E-state index < -0.39 is 29.7 Å². The number of ether oxygens (including phenoxy) is 3. The van der Waals surface area contributed by atoms with Gasteiger partial charge in [0.2, 0.25) is 17.7 Å². The molecular formula is C13H23N3O7. The third kappa shape index (κ3) is 11.1. The molecule has 3 amide bonds. The molecule has 0 radical (unpaired) electrons. The number of nitrogens with one attached hydrogen (secondary N) is 2. The van der Waals surface area contributed by atoms with Crippen LogP contribution >= 0.6 is 0 Å². The zero-order valence-corrected chi connectivity index (χ0v) is 13.3. The lowest BCUT2D eigenvalue weighted by Gasteiger charge is -2.16. The fraction of sp³-hybridized carbons (Fsp3) is 0.692. The van der Waals surface area contributed by atoms with Crippen LogP contribution in [0.15, 0.2) is 0 Å². The number of rotatable bonds is 12. The Morgan fingerprint density at radius 1 is 1.09 bits per heavy atom. The first-order valence-electron chi connectivity index (χ1n) is 6.89. The first-order valence-corrected chi connectivity index (χ1v) is 6.89. The second-order valence-corrected chi connectivity index (χ2v) is 4.44. The van der Waals surface area contributed by atoms with Gasteiger partial charge in [0.1, 0.15) is 12.6 Å². The van der Waals surface area contributed by atoms with Crippen LogP contribution in [-0.4, -0.2) is 70.3 Å². The normalized spacial score (nSPS) is 11.4. The summed E-state index contributed by atoms with van der Waals surface area (Å²) >= 11 is 0. The first kappa shape index (κ1) is 20.8. The quantitative estimate of drug-likeness (QED) is 0.268. The molecular weight excluding hydrogens is 310 g/mol. The highest BCUT2D eigenvalue weighted by Gasteiger charge is 2.23. The Bertz CT molecular complexity index is 414. The molecule has 0 aromatic heterocycles. The minimum atomic E-state index is -1.16. The molecule has 10 nitrogen and oxygen atoms in total. The summed E-state index contributed by atoms with van der Waals surface area (Å²) in [5.74, 6) is -2.61. The molecule has 0 aliphatic carbocycles. The molecule has 4 N–H and O–H groups in total. The maximum absolute atomic E-state index is 11.9. The third-order valence-electron chi connectivity index (χ3n) is 2.60. The molecule has 0 fully saturated rings. The molecule has 1 atom stereocenters. The number of nitrogens with two attached hydrogens (primary N) is 1. The van der Waals surface area contributed by atoms with Crippen molar-refractivity contribution < 1.29 is 33.4 Å². The highest BCUT2D eigenvalue weighted by atomic mass is 16.5. The van der Waals surface area contributed by atoms with Crippen LogP contribution in [-0.2, 0) is 33.4 Å².